The predicted molar refractivity (Wildman–Crippen MR) is 57.0 cm³/mol. The summed E-state index contributed by atoms with van der Waals surface area (Å²) >= 11 is 0. The van der Waals surface area contributed by atoms with Crippen LogP contribution in [0.3, 0.4) is 0 Å². The zero-order valence-electron chi connectivity index (χ0n) is 9.43. The van der Waals surface area contributed by atoms with E-state index >= 15 is 0 Å². The molecule has 0 spiro atoms. The fourth-order valence-corrected chi connectivity index (χ4v) is 1.29. The van der Waals surface area contributed by atoms with Crippen LogP contribution in [0.25, 0.3) is 0 Å². The molecule has 0 aromatic heterocycles. The van der Waals surface area contributed by atoms with E-state index in [1.807, 2.05) is 0 Å². The molecule has 0 N–H and O–H groups in total. The predicted octanol–water partition coefficient (Wildman–Crippen LogP) is 4.31. The molecule has 0 aromatic rings. The smallest absolute Gasteiger partial charge is 0.0355 e. The average Bonchev–Trinajstić information content (AvgIpc) is 2.00. The molecule has 0 heterocycles. The summed E-state index contributed by atoms with van der Waals surface area (Å²) in [5.74, 6) is 2.50. The van der Waals surface area contributed by atoms with Crippen LogP contribution >= 0.6 is 0 Å². The zero-order valence-corrected chi connectivity index (χ0v) is 9.43. The molecule has 0 aromatic carbocycles. The third-order valence-corrected chi connectivity index (χ3v) is 2.79. The molecule has 0 heteroatoms. The Morgan fingerprint density at radius 3 is 2.08 bits per heavy atom. The van der Waals surface area contributed by atoms with Gasteiger partial charge < -0.3 is 0 Å². The van der Waals surface area contributed by atoms with E-state index in [1.165, 1.54) is 19.3 Å². The van der Waals surface area contributed by atoms with Crippen molar-refractivity contribution in [3.8, 4) is 0 Å². The van der Waals surface area contributed by atoms with Gasteiger partial charge in [0.1, 0.15) is 0 Å². The van der Waals surface area contributed by atoms with Crippen LogP contribution in [-0.4, -0.2) is 0 Å². The topological polar surface area (TPSA) is 0 Å². The van der Waals surface area contributed by atoms with Crippen molar-refractivity contribution in [1.82, 2.24) is 0 Å². The highest BCUT2D eigenvalue weighted by Crippen LogP contribution is 2.20. The van der Waals surface area contributed by atoms with Gasteiger partial charge in [-0.1, -0.05) is 47.5 Å². The van der Waals surface area contributed by atoms with E-state index in [9.17, 15) is 0 Å². The Kier molecular flexibility index (Phi) is 6.51. The first kappa shape index (κ1) is 12.0. The maximum Gasteiger partial charge on any atom is -0.0355 e. The van der Waals surface area contributed by atoms with E-state index in [2.05, 4.69) is 41.0 Å². The maximum atomic E-state index is 2.49. The summed E-state index contributed by atoms with van der Waals surface area (Å²) in [6.45, 7) is 11.6. The first-order chi connectivity index (χ1) is 5.57. The maximum absolute atomic E-state index is 2.49. The SMILES string of the molecule is CCCC(C)[CH]CC(C)C(C)C. The van der Waals surface area contributed by atoms with Gasteiger partial charge in [0.2, 0.25) is 0 Å². The van der Waals surface area contributed by atoms with Gasteiger partial charge in [-0.05, 0) is 30.6 Å². The number of hydrogen-bond donors (Lipinski definition) is 0. The normalized spacial score (nSPS) is 16.5. The molecule has 0 nitrogen and oxygen atoms in total. The lowest BCUT2D eigenvalue weighted by Crippen LogP contribution is -2.06. The molecule has 0 saturated carbocycles. The fraction of sp³-hybridized carbons (Fsp3) is 0.917. The Bertz CT molecular complexity index is 94.2. The fourth-order valence-electron chi connectivity index (χ4n) is 1.29. The van der Waals surface area contributed by atoms with Gasteiger partial charge in [0.15, 0.2) is 0 Å². The van der Waals surface area contributed by atoms with E-state index in [4.69, 9.17) is 0 Å². The van der Waals surface area contributed by atoms with E-state index in [0.29, 0.717) is 0 Å². The van der Waals surface area contributed by atoms with E-state index < -0.39 is 0 Å². The molecule has 2 atom stereocenters. The lowest BCUT2D eigenvalue weighted by Gasteiger charge is -2.17. The van der Waals surface area contributed by atoms with Crippen LogP contribution in [0, 0.1) is 24.2 Å². The van der Waals surface area contributed by atoms with Gasteiger partial charge >= 0.3 is 0 Å². The molecule has 0 aliphatic rings. The van der Waals surface area contributed by atoms with Gasteiger partial charge in [-0.15, -0.1) is 0 Å². The molecule has 0 rings (SSSR count). The highest BCUT2D eigenvalue weighted by Gasteiger charge is 2.09. The molecule has 0 amide bonds. The molecule has 2 unspecified atom stereocenters. The second-order valence-corrected chi connectivity index (χ2v) is 4.46. The summed E-state index contributed by atoms with van der Waals surface area (Å²) in [4.78, 5) is 0. The highest BCUT2D eigenvalue weighted by molar-refractivity contribution is 4.75. The summed E-state index contributed by atoms with van der Waals surface area (Å²) in [6.07, 6.45) is 6.45. The van der Waals surface area contributed by atoms with Gasteiger partial charge in [0, 0.05) is 0 Å². The van der Waals surface area contributed by atoms with Gasteiger partial charge in [-0.3, -0.25) is 0 Å². The van der Waals surface area contributed by atoms with Crippen molar-refractivity contribution in [3.05, 3.63) is 6.42 Å². The molecule has 0 saturated heterocycles. The monoisotopic (exact) mass is 169 g/mol. The first-order valence-electron chi connectivity index (χ1n) is 5.41. The number of hydrogen-bond acceptors (Lipinski definition) is 0. The molecule has 0 fully saturated rings. The van der Waals surface area contributed by atoms with Crippen molar-refractivity contribution >= 4 is 0 Å². The van der Waals surface area contributed by atoms with Gasteiger partial charge in [-0.25, -0.2) is 0 Å². The van der Waals surface area contributed by atoms with Crippen LogP contribution in [0.4, 0.5) is 0 Å². The van der Waals surface area contributed by atoms with E-state index in [0.717, 1.165) is 17.8 Å². The van der Waals surface area contributed by atoms with Crippen LogP contribution in [0.1, 0.15) is 53.9 Å². The van der Waals surface area contributed by atoms with Crippen molar-refractivity contribution in [2.45, 2.75) is 53.9 Å². The van der Waals surface area contributed by atoms with Crippen LogP contribution in [-0.2, 0) is 0 Å². The summed E-state index contributed by atoms with van der Waals surface area (Å²) in [5.41, 5.74) is 0. The molecule has 73 valence electrons. The Morgan fingerprint density at radius 1 is 1.08 bits per heavy atom. The lowest BCUT2D eigenvalue weighted by atomic mass is 9.89. The molecule has 1 radical (unpaired) electrons. The van der Waals surface area contributed by atoms with Crippen LogP contribution < -0.4 is 0 Å². The van der Waals surface area contributed by atoms with Crippen molar-refractivity contribution < 1.29 is 0 Å². The van der Waals surface area contributed by atoms with Gasteiger partial charge in [-0.2, -0.15) is 0 Å². The summed E-state index contributed by atoms with van der Waals surface area (Å²) < 4.78 is 0. The highest BCUT2D eigenvalue weighted by atomic mass is 14.1. The largest absolute Gasteiger partial charge is 0.0654 e. The summed E-state index contributed by atoms with van der Waals surface area (Å²) in [6, 6.07) is 0. The van der Waals surface area contributed by atoms with Crippen molar-refractivity contribution in [2.24, 2.45) is 17.8 Å². The minimum Gasteiger partial charge on any atom is -0.0654 e. The van der Waals surface area contributed by atoms with E-state index in [1.54, 1.807) is 0 Å². The average molecular weight is 169 g/mol. The van der Waals surface area contributed by atoms with Gasteiger partial charge in [0.25, 0.3) is 0 Å². The molecule has 0 aliphatic carbocycles. The van der Waals surface area contributed by atoms with Crippen molar-refractivity contribution in [3.63, 3.8) is 0 Å². The quantitative estimate of drug-likeness (QED) is 0.556. The van der Waals surface area contributed by atoms with Crippen molar-refractivity contribution in [2.75, 3.05) is 0 Å². The minimum absolute atomic E-state index is 0.816. The molecular formula is C12H25. The van der Waals surface area contributed by atoms with Crippen LogP contribution in [0.2, 0.25) is 0 Å². The lowest BCUT2D eigenvalue weighted by molar-refractivity contribution is 0.394. The zero-order chi connectivity index (χ0) is 9.56. The molecular weight excluding hydrogens is 144 g/mol. The third kappa shape index (κ3) is 5.62. The number of rotatable bonds is 6. The van der Waals surface area contributed by atoms with Crippen molar-refractivity contribution in [1.29, 1.82) is 0 Å². The Hall–Kier alpha value is 0. The Labute approximate surface area is 78.8 Å². The third-order valence-electron chi connectivity index (χ3n) is 2.79. The second-order valence-electron chi connectivity index (χ2n) is 4.46. The summed E-state index contributed by atoms with van der Waals surface area (Å²) in [5, 5.41) is 0. The molecule has 0 aliphatic heterocycles. The van der Waals surface area contributed by atoms with Crippen LogP contribution in [0.15, 0.2) is 0 Å². The van der Waals surface area contributed by atoms with E-state index in [-0.39, 0.29) is 0 Å². The van der Waals surface area contributed by atoms with Crippen LogP contribution in [0.5, 0.6) is 0 Å². The Morgan fingerprint density at radius 2 is 1.67 bits per heavy atom. The minimum atomic E-state index is 0.816. The second kappa shape index (κ2) is 6.51. The molecule has 12 heavy (non-hydrogen) atoms. The van der Waals surface area contributed by atoms with Gasteiger partial charge in [0.05, 0.1) is 0 Å². The summed E-state index contributed by atoms with van der Waals surface area (Å²) in [7, 11) is 0. The Balaban J connectivity index is 3.40. The standard InChI is InChI=1S/C12H25/c1-6-7-11(4)8-9-12(5)10(2)3/h8,10-12H,6-7,9H2,1-5H3. The molecule has 0 bridgehead atoms. The first-order valence-corrected chi connectivity index (χ1v) is 5.41.